The van der Waals surface area contributed by atoms with Gasteiger partial charge in [-0.3, -0.25) is 9.59 Å². The van der Waals surface area contributed by atoms with Gasteiger partial charge in [-0.2, -0.15) is 0 Å². The Morgan fingerprint density at radius 2 is 1.74 bits per heavy atom. The van der Waals surface area contributed by atoms with E-state index in [0.29, 0.717) is 23.5 Å². The second-order valence-corrected chi connectivity index (χ2v) is 8.02. The van der Waals surface area contributed by atoms with Gasteiger partial charge in [-0.25, -0.2) is 0 Å². The van der Waals surface area contributed by atoms with E-state index in [1.54, 1.807) is 6.08 Å². The fraction of sp³-hybridized carbons (Fsp3) is 0.714. The van der Waals surface area contributed by atoms with Crippen LogP contribution in [0.25, 0.3) is 0 Å². The predicted molar refractivity (Wildman–Crippen MR) is 93.0 cm³/mol. The van der Waals surface area contributed by atoms with Gasteiger partial charge in [0.05, 0.1) is 0 Å². The Kier molecular flexibility index (Phi) is 4.14. The Morgan fingerprint density at radius 3 is 2.48 bits per heavy atom. The van der Waals surface area contributed by atoms with Crippen LogP contribution in [-0.4, -0.2) is 11.6 Å². The van der Waals surface area contributed by atoms with Crippen LogP contribution in [0.1, 0.15) is 66.2 Å². The first-order valence-corrected chi connectivity index (χ1v) is 9.43. The molecule has 0 aliphatic heterocycles. The average Bonchev–Trinajstić information content (AvgIpc) is 2.86. The Bertz CT molecular complexity index is 585. The molecule has 0 aromatic heterocycles. The van der Waals surface area contributed by atoms with E-state index in [1.165, 1.54) is 12.0 Å². The van der Waals surface area contributed by atoms with E-state index in [1.807, 2.05) is 19.9 Å². The Hall–Kier alpha value is -1.18. The number of fused-ring (bicyclic) bond motifs is 5. The van der Waals surface area contributed by atoms with Gasteiger partial charge < -0.3 is 0 Å². The van der Waals surface area contributed by atoms with Crippen molar-refractivity contribution in [1.82, 2.24) is 0 Å². The molecule has 4 aliphatic rings. The van der Waals surface area contributed by atoms with E-state index in [9.17, 15) is 9.59 Å². The van der Waals surface area contributed by atoms with Gasteiger partial charge in [0, 0.05) is 17.3 Å². The third kappa shape index (κ3) is 2.28. The quantitative estimate of drug-likeness (QED) is 0.638. The summed E-state index contributed by atoms with van der Waals surface area (Å²) in [6.45, 7) is 8.54. The molecule has 0 heterocycles. The summed E-state index contributed by atoms with van der Waals surface area (Å²) >= 11 is 0. The summed E-state index contributed by atoms with van der Waals surface area (Å²) in [5.74, 6) is 2.51. The summed E-state index contributed by atoms with van der Waals surface area (Å²) in [6.07, 6.45) is 12.1. The average molecular weight is 314 g/mol. The van der Waals surface area contributed by atoms with Crippen LogP contribution in [0.2, 0.25) is 0 Å². The Balaban J connectivity index is 0.000000753. The Labute approximate surface area is 140 Å². The molecule has 23 heavy (non-hydrogen) atoms. The summed E-state index contributed by atoms with van der Waals surface area (Å²) in [5, 5.41) is 0. The lowest BCUT2D eigenvalue weighted by atomic mass is 9.48. The zero-order valence-corrected chi connectivity index (χ0v) is 15.0. The number of allylic oxidation sites excluding steroid dienone is 4. The second-order valence-electron chi connectivity index (χ2n) is 8.02. The van der Waals surface area contributed by atoms with Crippen molar-refractivity contribution in [1.29, 1.82) is 0 Å². The van der Waals surface area contributed by atoms with Crippen molar-refractivity contribution in [3.63, 3.8) is 0 Å². The third-order valence-corrected chi connectivity index (χ3v) is 7.27. The van der Waals surface area contributed by atoms with Crippen LogP contribution in [0.4, 0.5) is 0 Å². The van der Waals surface area contributed by atoms with Gasteiger partial charge in [-0.15, -0.1) is 0 Å². The molecule has 126 valence electrons. The summed E-state index contributed by atoms with van der Waals surface area (Å²) in [5.41, 5.74) is 1.35. The van der Waals surface area contributed by atoms with Crippen LogP contribution < -0.4 is 0 Å². The first-order chi connectivity index (χ1) is 10.9. The van der Waals surface area contributed by atoms with Crippen molar-refractivity contribution < 1.29 is 9.59 Å². The van der Waals surface area contributed by atoms with Gasteiger partial charge in [0.2, 0.25) is 0 Å². The fourth-order valence-electron chi connectivity index (χ4n) is 5.97. The van der Waals surface area contributed by atoms with Crippen molar-refractivity contribution in [2.75, 3.05) is 0 Å². The van der Waals surface area contributed by atoms with E-state index in [4.69, 9.17) is 0 Å². The molecule has 3 saturated carbocycles. The maximum Gasteiger partial charge on any atom is 0.178 e. The standard InChI is InChI=1S/C19H24O2.C2H6/c1-18-9-7-13(20)11-12(18)3-4-14-15-5-6-17(21)19(15,2)10-8-16(14)18;1-2/h7,9,11,14-16H,3-6,8,10H2,1-2H3;1-2H3. The maximum absolute atomic E-state index is 12.3. The van der Waals surface area contributed by atoms with Crippen LogP contribution in [0, 0.1) is 28.6 Å². The molecule has 0 spiro atoms. The molecule has 0 aromatic carbocycles. The van der Waals surface area contributed by atoms with Crippen LogP contribution >= 0.6 is 0 Å². The minimum atomic E-state index is -0.0487. The smallest absolute Gasteiger partial charge is 0.178 e. The molecule has 0 radical (unpaired) electrons. The minimum absolute atomic E-state index is 0.0487. The first-order valence-electron chi connectivity index (χ1n) is 9.43. The van der Waals surface area contributed by atoms with Crippen molar-refractivity contribution in [2.45, 2.75) is 66.2 Å². The second kappa shape index (κ2) is 5.72. The number of ketones is 2. The van der Waals surface area contributed by atoms with Gasteiger partial charge in [0.1, 0.15) is 5.78 Å². The van der Waals surface area contributed by atoms with Crippen molar-refractivity contribution in [3.05, 3.63) is 23.8 Å². The van der Waals surface area contributed by atoms with E-state index in [2.05, 4.69) is 19.9 Å². The SMILES string of the molecule is CC.CC12C=CC(=O)C=C1CCC1C2CCC2(C)C(=O)CCC12. The van der Waals surface area contributed by atoms with Crippen LogP contribution in [0.15, 0.2) is 23.8 Å². The molecule has 0 saturated heterocycles. The fourth-order valence-corrected chi connectivity index (χ4v) is 5.97. The summed E-state index contributed by atoms with van der Waals surface area (Å²) in [6, 6.07) is 0. The molecule has 2 nitrogen and oxygen atoms in total. The summed E-state index contributed by atoms with van der Waals surface area (Å²) in [4.78, 5) is 24.0. The minimum Gasteiger partial charge on any atom is -0.299 e. The highest BCUT2D eigenvalue weighted by molar-refractivity contribution is 6.01. The van der Waals surface area contributed by atoms with Gasteiger partial charge in [-0.05, 0) is 62.0 Å². The lowest BCUT2D eigenvalue weighted by Gasteiger charge is -2.55. The van der Waals surface area contributed by atoms with E-state index in [-0.39, 0.29) is 16.6 Å². The van der Waals surface area contributed by atoms with Gasteiger partial charge in [0.25, 0.3) is 0 Å². The molecule has 0 amide bonds. The largest absolute Gasteiger partial charge is 0.299 e. The highest BCUT2D eigenvalue weighted by Gasteiger charge is 2.58. The number of Topliss-reactive ketones (excluding diaryl/α,β-unsaturated/α-hetero) is 1. The lowest BCUT2D eigenvalue weighted by Crippen LogP contribution is -2.49. The number of hydrogen-bond acceptors (Lipinski definition) is 2. The van der Waals surface area contributed by atoms with E-state index < -0.39 is 0 Å². The van der Waals surface area contributed by atoms with Crippen molar-refractivity contribution in [2.24, 2.45) is 28.6 Å². The van der Waals surface area contributed by atoms with Crippen molar-refractivity contribution in [3.8, 4) is 0 Å². The molecule has 5 unspecified atom stereocenters. The molecule has 4 rings (SSSR count). The van der Waals surface area contributed by atoms with E-state index >= 15 is 0 Å². The summed E-state index contributed by atoms with van der Waals surface area (Å²) < 4.78 is 0. The van der Waals surface area contributed by atoms with Gasteiger partial charge in [0.15, 0.2) is 5.78 Å². The normalized spacial score (nSPS) is 44.5. The molecule has 0 aromatic rings. The number of carbonyl (C=O) groups excluding carboxylic acids is 2. The topological polar surface area (TPSA) is 34.1 Å². The van der Waals surface area contributed by atoms with Crippen LogP contribution in [0.5, 0.6) is 0 Å². The van der Waals surface area contributed by atoms with Gasteiger partial charge >= 0.3 is 0 Å². The lowest BCUT2D eigenvalue weighted by molar-refractivity contribution is -0.131. The van der Waals surface area contributed by atoms with Crippen LogP contribution in [-0.2, 0) is 9.59 Å². The molecule has 5 atom stereocenters. The molecule has 2 heteroatoms. The Morgan fingerprint density at radius 1 is 1.00 bits per heavy atom. The van der Waals surface area contributed by atoms with Gasteiger partial charge in [-0.1, -0.05) is 39.3 Å². The van der Waals surface area contributed by atoms with Crippen molar-refractivity contribution >= 4 is 11.6 Å². The predicted octanol–water partition coefficient (Wildman–Crippen LogP) is 4.89. The number of hydrogen-bond donors (Lipinski definition) is 0. The maximum atomic E-state index is 12.3. The molecule has 3 fully saturated rings. The van der Waals surface area contributed by atoms with E-state index in [0.717, 1.165) is 32.1 Å². The highest BCUT2D eigenvalue weighted by Crippen LogP contribution is 2.63. The molecular weight excluding hydrogens is 284 g/mol. The molecule has 0 N–H and O–H groups in total. The number of carbonyl (C=O) groups is 2. The monoisotopic (exact) mass is 314 g/mol. The molecular formula is C21H30O2. The summed E-state index contributed by atoms with van der Waals surface area (Å²) in [7, 11) is 0. The zero-order valence-electron chi connectivity index (χ0n) is 15.0. The highest BCUT2D eigenvalue weighted by atomic mass is 16.1. The first kappa shape index (κ1) is 16.7. The third-order valence-electron chi connectivity index (χ3n) is 7.27. The number of rotatable bonds is 0. The van der Waals surface area contributed by atoms with Crippen LogP contribution in [0.3, 0.4) is 0 Å². The molecule has 4 aliphatic carbocycles. The zero-order chi connectivity index (χ0) is 16.8. The molecule has 0 bridgehead atoms.